The molecule has 1 aliphatic heterocycles. The highest BCUT2D eigenvalue weighted by Crippen LogP contribution is 2.41. The molecule has 0 fully saturated rings. The van der Waals surface area contributed by atoms with Gasteiger partial charge in [0.05, 0.1) is 6.10 Å². The molecule has 3 nitrogen and oxygen atoms in total. The van der Waals surface area contributed by atoms with E-state index in [1.807, 2.05) is 13.0 Å². The summed E-state index contributed by atoms with van der Waals surface area (Å²) >= 11 is 0. The normalized spacial score (nSPS) is 21.6. The van der Waals surface area contributed by atoms with E-state index in [1.54, 1.807) is 18.5 Å². The highest BCUT2D eigenvalue weighted by Gasteiger charge is 2.29. The average molecular weight is 259 g/mol. The molecule has 4 heteroatoms. The standard InChI is InChI=1S/C15H14FNO2/c1-9-4-5-17-8-12(9)15-7-13(18)11-3-2-10(16)6-14(11)19-15/h2-6,8,13,15,18H,7H2,1H3. The lowest BCUT2D eigenvalue weighted by molar-refractivity contribution is 0.0649. The molecule has 1 aromatic heterocycles. The van der Waals surface area contributed by atoms with Gasteiger partial charge in [-0.2, -0.15) is 0 Å². The first-order valence-corrected chi connectivity index (χ1v) is 6.20. The molecule has 0 aliphatic carbocycles. The van der Waals surface area contributed by atoms with Crippen molar-refractivity contribution in [3.8, 4) is 5.75 Å². The molecule has 1 aromatic carbocycles. The van der Waals surface area contributed by atoms with Gasteiger partial charge >= 0.3 is 0 Å². The Morgan fingerprint density at radius 3 is 2.95 bits per heavy atom. The molecule has 2 heterocycles. The van der Waals surface area contributed by atoms with Gasteiger partial charge in [-0.25, -0.2) is 4.39 Å². The van der Waals surface area contributed by atoms with Crippen LogP contribution >= 0.6 is 0 Å². The Morgan fingerprint density at radius 2 is 2.16 bits per heavy atom. The number of benzene rings is 1. The third-order valence-corrected chi connectivity index (χ3v) is 3.47. The molecule has 0 spiro atoms. The summed E-state index contributed by atoms with van der Waals surface area (Å²) in [6.45, 7) is 1.97. The molecule has 19 heavy (non-hydrogen) atoms. The number of ether oxygens (including phenoxy) is 1. The lowest BCUT2D eigenvalue weighted by Crippen LogP contribution is -2.20. The fourth-order valence-electron chi connectivity index (χ4n) is 2.42. The van der Waals surface area contributed by atoms with Gasteiger partial charge in [0.2, 0.25) is 0 Å². The third kappa shape index (κ3) is 2.19. The summed E-state index contributed by atoms with van der Waals surface area (Å²) in [5.74, 6) is 0.0431. The van der Waals surface area contributed by atoms with Crippen LogP contribution in [-0.4, -0.2) is 10.1 Å². The van der Waals surface area contributed by atoms with Crippen LogP contribution < -0.4 is 4.74 Å². The molecule has 0 bridgehead atoms. The molecule has 3 rings (SSSR count). The molecule has 0 amide bonds. The van der Waals surface area contributed by atoms with Crippen LogP contribution in [0.5, 0.6) is 5.75 Å². The van der Waals surface area contributed by atoms with Crippen molar-refractivity contribution >= 4 is 0 Å². The molecular formula is C15H14FNO2. The molecule has 0 saturated heterocycles. The second kappa shape index (κ2) is 4.63. The molecule has 98 valence electrons. The Morgan fingerprint density at radius 1 is 1.32 bits per heavy atom. The lowest BCUT2D eigenvalue weighted by Gasteiger charge is -2.30. The first-order chi connectivity index (χ1) is 9.15. The van der Waals surface area contributed by atoms with E-state index in [0.29, 0.717) is 17.7 Å². The van der Waals surface area contributed by atoms with Crippen molar-refractivity contribution in [2.75, 3.05) is 0 Å². The Balaban J connectivity index is 1.99. The van der Waals surface area contributed by atoms with Crippen molar-refractivity contribution in [3.63, 3.8) is 0 Å². The van der Waals surface area contributed by atoms with Crippen molar-refractivity contribution in [2.24, 2.45) is 0 Å². The third-order valence-electron chi connectivity index (χ3n) is 3.47. The maximum absolute atomic E-state index is 13.3. The van der Waals surface area contributed by atoms with E-state index in [9.17, 15) is 9.50 Å². The fraction of sp³-hybridized carbons (Fsp3) is 0.267. The predicted molar refractivity (Wildman–Crippen MR) is 68.3 cm³/mol. The van der Waals surface area contributed by atoms with Crippen molar-refractivity contribution in [1.29, 1.82) is 0 Å². The number of aromatic nitrogens is 1. The van der Waals surface area contributed by atoms with Crippen LogP contribution in [0.4, 0.5) is 4.39 Å². The summed E-state index contributed by atoms with van der Waals surface area (Å²) in [6.07, 6.45) is 2.96. The largest absolute Gasteiger partial charge is 0.485 e. The molecule has 0 radical (unpaired) electrons. The van der Waals surface area contributed by atoms with E-state index in [1.165, 1.54) is 12.1 Å². The van der Waals surface area contributed by atoms with E-state index in [2.05, 4.69) is 4.98 Å². The summed E-state index contributed by atoms with van der Waals surface area (Å²) in [5, 5.41) is 10.2. The number of aliphatic hydroxyl groups excluding tert-OH is 1. The number of halogens is 1. The molecule has 2 unspecified atom stereocenters. The minimum atomic E-state index is -0.644. The van der Waals surface area contributed by atoms with Gasteiger partial charge in [0.15, 0.2) is 0 Å². The van der Waals surface area contributed by atoms with E-state index < -0.39 is 6.10 Å². The minimum Gasteiger partial charge on any atom is -0.485 e. The summed E-state index contributed by atoms with van der Waals surface area (Å²) < 4.78 is 19.1. The molecule has 1 N–H and O–H groups in total. The van der Waals surface area contributed by atoms with Gasteiger partial charge in [0, 0.05) is 36.0 Å². The van der Waals surface area contributed by atoms with Crippen LogP contribution in [0, 0.1) is 12.7 Å². The zero-order valence-corrected chi connectivity index (χ0v) is 10.5. The van der Waals surface area contributed by atoms with E-state index >= 15 is 0 Å². The number of pyridine rings is 1. The Kier molecular flexibility index (Phi) is 2.95. The number of nitrogens with zero attached hydrogens (tertiary/aromatic N) is 1. The number of rotatable bonds is 1. The van der Waals surface area contributed by atoms with Crippen LogP contribution in [0.2, 0.25) is 0 Å². The fourth-order valence-corrected chi connectivity index (χ4v) is 2.42. The van der Waals surface area contributed by atoms with Crippen LogP contribution in [-0.2, 0) is 0 Å². The van der Waals surface area contributed by atoms with Gasteiger partial charge in [-0.15, -0.1) is 0 Å². The predicted octanol–water partition coefficient (Wildman–Crippen LogP) is 3.09. The van der Waals surface area contributed by atoms with Crippen molar-refractivity contribution in [2.45, 2.75) is 25.6 Å². The van der Waals surface area contributed by atoms with Gasteiger partial charge in [0.1, 0.15) is 17.7 Å². The van der Waals surface area contributed by atoms with Crippen LogP contribution in [0.15, 0.2) is 36.7 Å². The van der Waals surface area contributed by atoms with Crippen LogP contribution in [0.3, 0.4) is 0 Å². The Bertz CT molecular complexity index is 615. The maximum atomic E-state index is 13.3. The number of hydrogen-bond acceptors (Lipinski definition) is 3. The second-order valence-electron chi connectivity index (χ2n) is 4.77. The number of aryl methyl sites for hydroxylation is 1. The highest BCUT2D eigenvalue weighted by molar-refractivity contribution is 5.39. The van der Waals surface area contributed by atoms with Crippen molar-refractivity contribution < 1.29 is 14.2 Å². The maximum Gasteiger partial charge on any atom is 0.128 e. The van der Waals surface area contributed by atoms with Gasteiger partial charge in [-0.1, -0.05) is 0 Å². The summed E-state index contributed by atoms with van der Waals surface area (Å²) in [4.78, 5) is 4.08. The molecule has 2 atom stereocenters. The number of fused-ring (bicyclic) bond motifs is 1. The summed E-state index contributed by atoms with van der Waals surface area (Å²) in [5.41, 5.74) is 2.61. The zero-order chi connectivity index (χ0) is 13.4. The van der Waals surface area contributed by atoms with Gasteiger partial charge in [-0.05, 0) is 30.7 Å². The second-order valence-corrected chi connectivity index (χ2v) is 4.77. The Labute approximate surface area is 110 Å². The molecular weight excluding hydrogens is 245 g/mol. The van der Waals surface area contributed by atoms with Crippen molar-refractivity contribution in [1.82, 2.24) is 4.98 Å². The van der Waals surface area contributed by atoms with Gasteiger partial charge in [0.25, 0.3) is 0 Å². The van der Waals surface area contributed by atoms with E-state index in [-0.39, 0.29) is 11.9 Å². The first kappa shape index (κ1) is 12.1. The number of hydrogen-bond donors (Lipinski definition) is 1. The molecule has 0 saturated carbocycles. The summed E-state index contributed by atoms with van der Waals surface area (Å²) in [7, 11) is 0. The zero-order valence-electron chi connectivity index (χ0n) is 10.5. The van der Waals surface area contributed by atoms with E-state index in [4.69, 9.17) is 4.74 Å². The molecule has 1 aliphatic rings. The monoisotopic (exact) mass is 259 g/mol. The Hall–Kier alpha value is -1.94. The van der Waals surface area contributed by atoms with Gasteiger partial charge in [-0.3, -0.25) is 4.98 Å². The number of aliphatic hydroxyl groups is 1. The smallest absolute Gasteiger partial charge is 0.128 e. The summed E-state index contributed by atoms with van der Waals surface area (Å²) in [6, 6.07) is 6.12. The van der Waals surface area contributed by atoms with Gasteiger partial charge < -0.3 is 9.84 Å². The topological polar surface area (TPSA) is 42.4 Å². The van der Waals surface area contributed by atoms with Crippen LogP contribution in [0.25, 0.3) is 0 Å². The highest BCUT2D eigenvalue weighted by atomic mass is 19.1. The van der Waals surface area contributed by atoms with Crippen LogP contribution in [0.1, 0.15) is 35.3 Å². The average Bonchev–Trinajstić information content (AvgIpc) is 2.38. The quantitative estimate of drug-likeness (QED) is 0.855. The minimum absolute atomic E-state index is 0.294. The SMILES string of the molecule is Cc1ccncc1C1CC(O)c2ccc(F)cc2O1. The van der Waals surface area contributed by atoms with Crippen molar-refractivity contribution in [3.05, 3.63) is 59.2 Å². The first-order valence-electron chi connectivity index (χ1n) is 6.20. The lowest BCUT2D eigenvalue weighted by atomic mass is 9.94. The van der Waals surface area contributed by atoms with E-state index in [0.717, 1.165) is 11.1 Å². The molecule has 2 aromatic rings.